The monoisotopic (exact) mass is 576 g/mol. The number of piperidine rings is 1. The van der Waals surface area contributed by atoms with Gasteiger partial charge in [-0.1, -0.05) is 97.9 Å². The Bertz CT molecular complexity index is 1160. The van der Waals surface area contributed by atoms with Gasteiger partial charge in [0.15, 0.2) is 0 Å². The first-order valence-electron chi connectivity index (χ1n) is 15.1. The standard InChI is InChI=1S/C35H44N2O3.ClH/c1-2-20-37(35(38)40-27-29-14-8-4-9-15-29)32-18-21-36(22-19-32)25-31-23-33(39-26-28-12-6-3-7-13-28)24-34(31)30-16-10-5-11-17-30;/h3-17,31-34H,2,18-27H2,1H3;1H. The molecule has 1 aliphatic carbocycles. The molecular weight excluding hydrogens is 532 g/mol. The molecule has 2 aliphatic rings. The number of nitrogens with zero attached hydrogens (tertiary/aromatic N) is 2. The highest BCUT2D eigenvalue weighted by Gasteiger charge is 2.38. The lowest BCUT2D eigenvalue weighted by molar-refractivity contribution is 0.0390. The molecule has 0 spiro atoms. The minimum Gasteiger partial charge on any atom is -0.445 e. The summed E-state index contributed by atoms with van der Waals surface area (Å²) in [5.74, 6) is 1.09. The van der Waals surface area contributed by atoms with Gasteiger partial charge in [0.1, 0.15) is 6.61 Å². The fourth-order valence-corrected chi connectivity index (χ4v) is 6.52. The fourth-order valence-electron chi connectivity index (χ4n) is 6.52. The zero-order valence-corrected chi connectivity index (χ0v) is 25.1. The molecule has 1 saturated carbocycles. The van der Waals surface area contributed by atoms with Crippen molar-refractivity contribution in [3.8, 4) is 0 Å². The van der Waals surface area contributed by atoms with Gasteiger partial charge in [0.05, 0.1) is 12.7 Å². The molecule has 2 fully saturated rings. The van der Waals surface area contributed by atoms with Crippen LogP contribution >= 0.6 is 12.4 Å². The van der Waals surface area contributed by atoms with Gasteiger partial charge in [-0.15, -0.1) is 12.4 Å². The minimum absolute atomic E-state index is 0. The molecule has 5 rings (SSSR count). The molecule has 3 aromatic carbocycles. The van der Waals surface area contributed by atoms with E-state index in [1.165, 1.54) is 11.1 Å². The highest BCUT2D eigenvalue weighted by Crippen LogP contribution is 2.42. The second kappa shape index (κ2) is 16.0. The van der Waals surface area contributed by atoms with Crippen molar-refractivity contribution in [2.75, 3.05) is 26.2 Å². The average molecular weight is 577 g/mol. The topological polar surface area (TPSA) is 42.0 Å². The van der Waals surface area contributed by atoms with Crippen LogP contribution in [0.2, 0.25) is 0 Å². The van der Waals surface area contributed by atoms with Crippen LogP contribution in [-0.2, 0) is 22.7 Å². The highest BCUT2D eigenvalue weighted by molar-refractivity contribution is 5.85. The zero-order chi connectivity index (χ0) is 27.6. The van der Waals surface area contributed by atoms with E-state index in [1.807, 2.05) is 35.2 Å². The summed E-state index contributed by atoms with van der Waals surface area (Å²) >= 11 is 0. The molecule has 3 atom stereocenters. The smallest absolute Gasteiger partial charge is 0.410 e. The lowest BCUT2D eigenvalue weighted by Crippen LogP contribution is -2.48. The van der Waals surface area contributed by atoms with Crippen LogP contribution in [0.3, 0.4) is 0 Å². The third-order valence-corrected chi connectivity index (χ3v) is 8.60. The summed E-state index contributed by atoms with van der Waals surface area (Å²) in [7, 11) is 0. The van der Waals surface area contributed by atoms with E-state index in [1.54, 1.807) is 0 Å². The van der Waals surface area contributed by atoms with E-state index < -0.39 is 0 Å². The fraction of sp³-hybridized carbons (Fsp3) is 0.457. The Kier molecular flexibility index (Phi) is 12.1. The number of likely N-dealkylation sites (tertiary alicyclic amines) is 1. The van der Waals surface area contributed by atoms with Crippen LogP contribution in [0, 0.1) is 5.92 Å². The Morgan fingerprint density at radius 3 is 2.02 bits per heavy atom. The maximum Gasteiger partial charge on any atom is 0.410 e. The van der Waals surface area contributed by atoms with Gasteiger partial charge < -0.3 is 19.3 Å². The Hall–Kier alpha value is -2.86. The quantitative estimate of drug-likeness (QED) is 0.234. The number of amides is 1. The maximum atomic E-state index is 13.0. The number of halogens is 1. The van der Waals surface area contributed by atoms with Crippen molar-refractivity contribution in [2.45, 2.75) is 70.3 Å². The van der Waals surface area contributed by atoms with Crippen LogP contribution in [0.4, 0.5) is 4.79 Å². The van der Waals surface area contributed by atoms with Crippen LogP contribution < -0.4 is 0 Å². The predicted octanol–water partition coefficient (Wildman–Crippen LogP) is 7.70. The Labute approximate surface area is 252 Å². The van der Waals surface area contributed by atoms with Gasteiger partial charge in [-0.05, 0) is 60.6 Å². The number of benzene rings is 3. The van der Waals surface area contributed by atoms with Crippen molar-refractivity contribution >= 4 is 18.5 Å². The molecule has 0 bridgehead atoms. The van der Waals surface area contributed by atoms with Gasteiger partial charge in [0.2, 0.25) is 0 Å². The van der Waals surface area contributed by atoms with Crippen LogP contribution in [0.5, 0.6) is 0 Å². The summed E-state index contributed by atoms with van der Waals surface area (Å²) in [4.78, 5) is 17.6. The van der Waals surface area contributed by atoms with E-state index in [4.69, 9.17) is 9.47 Å². The Morgan fingerprint density at radius 2 is 1.41 bits per heavy atom. The SMILES string of the molecule is CCCN(C(=O)OCc1ccccc1)C1CCN(CC2CC(OCc3ccccc3)CC2c2ccccc2)CC1.Cl. The van der Waals surface area contributed by atoms with Crippen LogP contribution in [0.15, 0.2) is 91.0 Å². The normalized spacial score (nSPS) is 21.2. The van der Waals surface area contributed by atoms with Crippen LogP contribution in [0.25, 0.3) is 0 Å². The predicted molar refractivity (Wildman–Crippen MR) is 167 cm³/mol. The molecule has 0 radical (unpaired) electrons. The number of hydrogen-bond donors (Lipinski definition) is 0. The van der Waals surface area contributed by atoms with Crippen molar-refractivity contribution < 1.29 is 14.3 Å². The molecule has 0 N–H and O–H groups in total. The average Bonchev–Trinajstić information content (AvgIpc) is 3.42. The molecule has 1 aliphatic heterocycles. The van der Waals surface area contributed by atoms with Crippen molar-refractivity contribution in [3.05, 3.63) is 108 Å². The Balaban J connectivity index is 0.00000387. The lowest BCUT2D eigenvalue weighted by Gasteiger charge is -2.39. The second-order valence-electron chi connectivity index (χ2n) is 11.4. The summed E-state index contributed by atoms with van der Waals surface area (Å²) in [6, 6.07) is 31.7. The maximum absolute atomic E-state index is 13.0. The molecule has 0 aromatic heterocycles. The summed E-state index contributed by atoms with van der Waals surface area (Å²) in [5, 5.41) is 0. The lowest BCUT2D eigenvalue weighted by atomic mass is 9.88. The summed E-state index contributed by atoms with van der Waals surface area (Å²) in [5.41, 5.74) is 3.70. The molecule has 1 heterocycles. The van der Waals surface area contributed by atoms with Crippen LogP contribution in [-0.4, -0.2) is 54.2 Å². The van der Waals surface area contributed by atoms with E-state index in [0.29, 0.717) is 25.0 Å². The van der Waals surface area contributed by atoms with Gasteiger partial charge in [-0.2, -0.15) is 0 Å². The van der Waals surface area contributed by atoms with Crippen molar-refractivity contribution in [3.63, 3.8) is 0 Å². The third-order valence-electron chi connectivity index (χ3n) is 8.60. The molecular formula is C35H45ClN2O3. The van der Waals surface area contributed by atoms with E-state index >= 15 is 0 Å². The van der Waals surface area contributed by atoms with E-state index in [-0.39, 0.29) is 30.6 Å². The molecule has 41 heavy (non-hydrogen) atoms. The third kappa shape index (κ3) is 8.81. The molecule has 220 valence electrons. The summed E-state index contributed by atoms with van der Waals surface area (Å²) in [6.45, 7) is 7.01. The highest BCUT2D eigenvalue weighted by atomic mass is 35.5. The number of carbonyl (C=O) groups excluding carboxylic acids is 1. The first kappa shape index (κ1) is 31.1. The Morgan fingerprint density at radius 1 is 0.829 bits per heavy atom. The number of hydrogen-bond acceptors (Lipinski definition) is 4. The van der Waals surface area contributed by atoms with Gasteiger partial charge in [-0.25, -0.2) is 4.79 Å². The van der Waals surface area contributed by atoms with E-state index in [2.05, 4.69) is 72.5 Å². The minimum atomic E-state index is -0.178. The number of carbonyl (C=O) groups is 1. The van der Waals surface area contributed by atoms with E-state index in [0.717, 1.165) is 63.8 Å². The molecule has 3 aromatic rings. The first-order valence-corrected chi connectivity index (χ1v) is 15.1. The molecule has 5 nitrogen and oxygen atoms in total. The first-order chi connectivity index (χ1) is 19.7. The molecule has 3 unspecified atom stereocenters. The van der Waals surface area contributed by atoms with Crippen molar-refractivity contribution in [1.29, 1.82) is 0 Å². The summed E-state index contributed by atoms with van der Waals surface area (Å²) < 4.78 is 12.2. The summed E-state index contributed by atoms with van der Waals surface area (Å²) in [6.07, 6.45) is 5.21. The molecule has 1 amide bonds. The van der Waals surface area contributed by atoms with Gasteiger partial charge in [0, 0.05) is 32.2 Å². The zero-order valence-electron chi connectivity index (χ0n) is 24.3. The van der Waals surface area contributed by atoms with Crippen molar-refractivity contribution in [2.24, 2.45) is 5.92 Å². The largest absolute Gasteiger partial charge is 0.445 e. The van der Waals surface area contributed by atoms with Gasteiger partial charge >= 0.3 is 6.09 Å². The molecule has 6 heteroatoms. The van der Waals surface area contributed by atoms with Crippen LogP contribution in [0.1, 0.15) is 61.6 Å². The molecule has 1 saturated heterocycles. The number of ether oxygens (including phenoxy) is 2. The van der Waals surface area contributed by atoms with Gasteiger partial charge in [-0.3, -0.25) is 0 Å². The van der Waals surface area contributed by atoms with E-state index in [9.17, 15) is 4.79 Å². The van der Waals surface area contributed by atoms with Crippen molar-refractivity contribution in [1.82, 2.24) is 9.80 Å². The number of rotatable bonds is 11. The van der Waals surface area contributed by atoms with Gasteiger partial charge in [0.25, 0.3) is 0 Å². The second-order valence-corrected chi connectivity index (χ2v) is 11.4.